The molecule has 12 nitrogen and oxygen atoms in total. The van der Waals surface area contributed by atoms with Crippen LogP contribution in [0.4, 0.5) is 0 Å². The van der Waals surface area contributed by atoms with Crippen molar-refractivity contribution in [1.82, 2.24) is 19.9 Å². The highest BCUT2D eigenvalue weighted by Crippen LogP contribution is 2.41. The molecule has 0 fully saturated rings. The Labute approximate surface area is 539 Å². The minimum absolute atomic E-state index is 0.0804. The summed E-state index contributed by atoms with van der Waals surface area (Å²) < 4.78 is 56.6. The van der Waals surface area contributed by atoms with Crippen LogP contribution in [-0.4, -0.2) is 19.9 Å². The SMILES string of the molecule is Cc1ccc(-c2c(C)ccc3c2oc2ccc(C)nc23)[n+](C)c1.Cc1ccc(-c2c(C)ccc3c2oc2cnc(C)cc23)[n+](C)c1.Cc1ccc(-c2c(C)ccc3c2oc2nc(C)ccc23)[n+](C)c1.[2H]C([2H])([2H])c1nccc2oc3c(-c4ccc(C)c[n+]4C)c(C)ccc3c12. The Morgan fingerprint density at radius 1 is 0.348 bits per heavy atom. The van der Waals surface area contributed by atoms with E-state index in [-0.39, 0.29) is 5.69 Å². The summed E-state index contributed by atoms with van der Waals surface area (Å²) in [5.74, 6) is 0. The molecule has 0 bridgehead atoms. The first kappa shape index (κ1) is 56.5. The first-order valence-corrected chi connectivity index (χ1v) is 31.0. The second-order valence-electron chi connectivity index (χ2n) is 24.7. The largest absolute Gasteiger partial charge is 0.455 e. The Kier molecular flexibility index (Phi) is 14.7. The van der Waals surface area contributed by atoms with Crippen molar-refractivity contribution in [2.45, 2.75) is 83.0 Å². The predicted octanol–water partition coefficient (Wildman–Crippen LogP) is 17.6. The average Bonchev–Trinajstić information content (AvgIpc) is 1.63. The van der Waals surface area contributed by atoms with Crippen LogP contribution in [0.3, 0.4) is 0 Å². The number of fused-ring (bicyclic) bond motifs is 12. The Morgan fingerprint density at radius 3 is 1.27 bits per heavy atom. The van der Waals surface area contributed by atoms with Crippen LogP contribution in [-0.2, 0) is 28.2 Å². The van der Waals surface area contributed by atoms with E-state index in [4.69, 9.17) is 21.8 Å². The van der Waals surface area contributed by atoms with Gasteiger partial charge in [-0.2, -0.15) is 0 Å². The van der Waals surface area contributed by atoms with Gasteiger partial charge >= 0.3 is 0 Å². The Balaban J connectivity index is 0.000000115. The first-order valence-electron chi connectivity index (χ1n) is 32.5. The van der Waals surface area contributed by atoms with Crippen LogP contribution in [0.25, 0.3) is 133 Å². The molecule has 0 spiro atoms. The molecule has 0 aliphatic heterocycles. The number of furan rings is 4. The zero-order chi connectivity index (χ0) is 67.0. The van der Waals surface area contributed by atoms with Gasteiger partial charge in [-0.3, -0.25) is 9.97 Å². The highest BCUT2D eigenvalue weighted by Gasteiger charge is 2.26. The minimum atomic E-state index is -2.30. The molecular formula is C80H76N8O4+4. The van der Waals surface area contributed by atoms with Crippen LogP contribution in [0.5, 0.6) is 0 Å². The molecule has 0 saturated heterocycles. The van der Waals surface area contributed by atoms with Gasteiger partial charge in [-0.1, -0.05) is 42.5 Å². The lowest BCUT2D eigenvalue weighted by Gasteiger charge is -2.06. The van der Waals surface area contributed by atoms with Gasteiger partial charge in [0.05, 0.1) is 28.5 Å². The summed E-state index contributed by atoms with van der Waals surface area (Å²) in [6.07, 6.45) is 11.8. The van der Waals surface area contributed by atoms with Crippen molar-refractivity contribution >= 4 is 88.0 Å². The van der Waals surface area contributed by atoms with Gasteiger partial charge in [-0.05, 0) is 172 Å². The molecule has 16 aromatic rings. The summed E-state index contributed by atoms with van der Waals surface area (Å²) in [7, 11) is 8.23. The van der Waals surface area contributed by atoms with Gasteiger partial charge in [0.25, 0.3) is 0 Å². The van der Waals surface area contributed by atoms with Crippen LogP contribution in [0.2, 0.25) is 0 Å². The molecule has 0 amide bonds. The summed E-state index contributed by atoms with van der Waals surface area (Å²) in [4.78, 5) is 17.7. The molecule has 456 valence electrons. The fourth-order valence-electron chi connectivity index (χ4n) is 12.9. The van der Waals surface area contributed by atoms with E-state index in [1.54, 1.807) is 6.07 Å². The molecule has 12 heteroatoms. The maximum atomic E-state index is 7.81. The van der Waals surface area contributed by atoms with Gasteiger partial charge in [0.2, 0.25) is 28.5 Å². The van der Waals surface area contributed by atoms with Gasteiger partial charge in [0.15, 0.2) is 47.1 Å². The molecule has 12 aromatic heterocycles. The molecule has 12 heterocycles. The van der Waals surface area contributed by atoms with Crippen LogP contribution in [0.15, 0.2) is 188 Å². The third kappa shape index (κ3) is 11.0. The number of pyridine rings is 8. The first-order chi connectivity index (χ1) is 45.4. The minimum Gasteiger partial charge on any atom is -0.455 e. The van der Waals surface area contributed by atoms with Crippen molar-refractivity contribution in [2.75, 3.05) is 0 Å². The normalized spacial score (nSPS) is 12.1. The quantitative estimate of drug-likeness (QED) is 0.160. The lowest BCUT2D eigenvalue weighted by molar-refractivity contribution is -0.660. The average molecular weight is 1220 g/mol. The third-order valence-electron chi connectivity index (χ3n) is 17.5. The number of hydrogen-bond donors (Lipinski definition) is 0. The van der Waals surface area contributed by atoms with Gasteiger partial charge in [-0.15, -0.1) is 0 Å². The second-order valence-corrected chi connectivity index (χ2v) is 24.7. The molecule has 92 heavy (non-hydrogen) atoms. The number of aromatic nitrogens is 8. The van der Waals surface area contributed by atoms with E-state index in [0.29, 0.717) is 22.3 Å². The number of aryl methyl sites for hydroxylation is 16. The second kappa shape index (κ2) is 23.9. The highest BCUT2D eigenvalue weighted by atomic mass is 16.3. The fraction of sp³-hybridized carbons (Fsp3) is 0.200. The molecule has 0 aliphatic rings. The molecular weight excluding hydrogens is 1140 g/mol. The zero-order valence-electron chi connectivity index (χ0n) is 57.9. The van der Waals surface area contributed by atoms with Gasteiger partial charge < -0.3 is 17.7 Å². The van der Waals surface area contributed by atoms with E-state index in [9.17, 15) is 0 Å². The Bertz CT molecular complexity index is 5490. The van der Waals surface area contributed by atoms with Crippen LogP contribution in [0, 0.1) is 83.0 Å². The molecule has 16 rings (SSSR count). The van der Waals surface area contributed by atoms with Crippen molar-refractivity contribution in [3.63, 3.8) is 0 Å². The van der Waals surface area contributed by atoms with E-state index >= 15 is 0 Å². The number of hydrogen-bond acceptors (Lipinski definition) is 8. The topological polar surface area (TPSA) is 120 Å². The van der Waals surface area contributed by atoms with Crippen LogP contribution >= 0.6 is 0 Å². The monoisotopic (exact) mass is 1220 g/mol. The number of nitrogens with zero attached hydrogens (tertiary/aromatic N) is 8. The van der Waals surface area contributed by atoms with Gasteiger partial charge in [-0.25, -0.2) is 28.2 Å². The Hall–Kier alpha value is -10.7. The molecule has 4 aromatic carbocycles. The molecule has 0 radical (unpaired) electrons. The number of benzene rings is 4. The van der Waals surface area contributed by atoms with E-state index in [2.05, 4.69) is 223 Å². The van der Waals surface area contributed by atoms with Crippen molar-refractivity contribution < 1.29 is 40.0 Å². The lowest BCUT2D eigenvalue weighted by Crippen LogP contribution is -2.31. The standard InChI is InChI=1S/4C20H19N2O/c1-12-5-10-17(22(4)11-12)18-13(2)6-8-15-16-9-7-14(3)21-20(16)23-19(15)18;1-12-5-9-16(22(4)11-12)18-13(2)6-8-15-19-17(23-20(15)18)10-7-14(3)21-19;1-12-5-8-17(22(4)11-12)19-13(2)6-7-15-16-9-14(3)21-10-18(16)23-20(15)19;1-12-5-8-16(22(4)11-12)18-13(2)6-7-15-19-14(3)21-10-9-17(19)23-20(15)18/h4*5-11H,1-4H3/q4*+1/i;;;3D3. The summed E-state index contributed by atoms with van der Waals surface area (Å²) in [6.45, 7) is 20.5. The molecule has 0 saturated carbocycles. The van der Waals surface area contributed by atoms with E-state index in [1.807, 2.05) is 78.2 Å². The Morgan fingerprint density at radius 2 is 0.761 bits per heavy atom. The summed E-state index contributed by atoms with van der Waals surface area (Å²) in [5.41, 5.74) is 28.8. The lowest BCUT2D eigenvalue weighted by atomic mass is 10.00. The van der Waals surface area contributed by atoms with Gasteiger partial charge in [0, 0.05) is 117 Å². The summed E-state index contributed by atoms with van der Waals surface area (Å²) in [5, 5.41) is 6.88. The van der Waals surface area contributed by atoms with E-state index < -0.39 is 6.85 Å². The van der Waals surface area contributed by atoms with E-state index in [0.717, 1.165) is 133 Å². The molecule has 0 N–H and O–H groups in total. The molecule has 0 unspecified atom stereocenters. The third-order valence-corrected chi connectivity index (χ3v) is 17.5. The van der Waals surface area contributed by atoms with Crippen LogP contribution < -0.4 is 18.3 Å². The predicted molar refractivity (Wildman–Crippen MR) is 369 cm³/mol. The summed E-state index contributed by atoms with van der Waals surface area (Å²) in [6, 6.07) is 45.7. The zero-order valence-corrected chi connectivity index (χ0v) is 54.9. The van der Waals surface area contributed by atoms with Crippen molar-refractivity contribution in [3.05, 3.63) is 238 Å². The fourth-order valence-corrected chi connectivity index (χ4v) is 12.9. The van der Waals surface area contributed by atoms with Crippen molar-refractivity contribution in [3.8, 4) is 45.0 Å². The van der Waals surface area contributed by atoms with Gasteiger partial charge in [0.1, 0.15) is 50.5 Å². The van der Waals surface area contributed by atoms with E-state index in [1.165, 1.54) is 45.1 Å². The highest BCUT2D eigenvalue weighted by molar-refractivity contribution is 6.12. The summed E-state index contributed by atoms with van der Waals surface area (Å²) >= 11 is 0. The molecule has 0 aliphatic carbocycles. The maximum absolute atomic E-state index is 7.81. The van der Waals surface area contributed by atoms with Crippen molar-refractivity contribution in [1.29, 1.82) is 0 Å². The maximum Gasteiger partial charge on any atom is 0.227 e. The number of rotatable bonds is 4. The smallest absolute Gasteiger partial charge is 0.227 e. The molecule has 0 atom stereocenters. The van der Waals surface area contributed by atoms with Crippen LogP contribution in [0.1, 0.15) is 71.4 Å². The van der Waals surface area contributed by atoms with Crippen molar-refractivity contribution in [2.24, 2.45) is 28.2 Å².